The van der Waals surface area contributed by atoms with Gasteiger partial charge in [-0.05, 0) is 18.4 Å². The van der Waals surface area contributed by atoms with Crippen molar-refractivity contribution in [1.29, 1.82) is 5.41 Å². The number of nitrogens with one attached hydrogen (secondary N) is 1. The molecular weight excluding hydrogens is 146 g/mol. The minimum atomic E-state index is 0.692. The fraction of sp³-hybridized carbons (Fsp3) is 0.667. The minimum absolute atomic E-state index is 0.692. The van der Waals surface area contributed by atoms with E-state index in [1.54, 1.807) is 6.34 Å². The zero-order valence-electron chi connectivity index (χ0n) is 6.00. The Balaban J connectivity index is 2.40. The number of hydrogen-bond donors (Lipinski definition) is 1. The van der Waals surface area contributed by atoms with Crippen LogP contribution in [0.5, 0.6) is 0 Å². The van der Waals surface area contributed by atoms with Crippen molar-refractivity contribution in [3.05, 3.63) is 0 Å². The Bertz CT molecular complexity index is 155. The molecular formula is C6H11N3S. The van der Waals surface area contributed by atoms with E-state index in [0.717, 1.165) is 19.4 Å². The van der Waals surface area contributed by atoms with Gasteiger partial charge in [0, 0.05) is 19.2 Å². The molecule has 0 spiro atoms. The highest BCUT2D eigenvalue weighted by atomic mass is 32.2. The average Bonchev–Trinajstić information content (AvgIpc) is 2.31. The lowest BCUT2D eigenvalue weighted by atomic mass is 10.4. The van der Waals surface area contributed by atoms with Gasteiger partial charge in [-0.3, -0.25) is 5.41 Å². The molecule has 10 heavy (non-hydrogen) atoms. The van der Waals surface area contributed by atoms with E-state index >= 15 is 0 Å². The van der Waals surface area contributed by atoms with Crippen LogP contribution in [0.4, 0.5) is 0 Å². The summed E-state index contributed by atoms with van der Waals surface area (Å²) in [4.78, 5) is 1.89. The van der Waals surface area contributed by atoms with Crippen molar-refractivity contribution in [3.8, 4) is 0 Å². The highest BCUT2D eigenvalue weighted by Crippen LogP contribution is 2.07. The van der Waals surface area contributed by atoms with E-state index in [0.29, 0.717) is 5.84 Å². The van der Waals surface area contributed by atoms with Crippen LogP contribution in [0.15, 0.2) is 4.40 Å². The number of rotatable bonds is 2. The molecule has 1 N–H and O–H groups in total. The van der Waals surface area contributed by atoms with E-state index < -0.39 is 0 Å². The predicted molar refractivity (Wildman–Crippen MR) is 45.7 cm³/mol. The molecule has 56 valence electrons. The largest absolute Gasteiger partial charge is 0.321 e. The first-order valence-electron chi connectivity index (χ1n) is 3.25. The molecule has 3 nitrogen and oxygen atoms in total. The first-order valence-corrected chi connectivity index (χ1v) is 4.43. The normalized spacial score (nSPS) is 19.3. The third kappa shape index (κ3) is 1.73. The number of amidine groups is 1. The van der Waals surface area contributed by atoms with Gasteiger partial charge in [0.15, 0.2) is 0 Å². The van der Waals surface area contributed by atoms with E-state index in [4.69, 9.17) is 5.41 Å². The second kappa shape index (κ2) is 3.61. The van der Waals surface area contributed by atoms with Crippen molar-refractivity contribution in [1.82, 2.24) is 4.90 Å². The summed E-state index contributed by atoms with van der Waals surface area (Å²) in [6, 6.07) is 0. The molecule has 1 saturated heterocycles. The van der Waals surface area contributed by atoms with Crippen LogP contribution in [0.25, 0.3) is 0 Å². The molecule has 0 unspecified atom stereocenters. The fourth-order valence-electron chi connectivity index (χ4n) is 0.927. The fourth-order valence-corrected chi connectivity index (χ4v) is 1.13. The summed E-state index contributed by atoms with van der Waals surface area (Å²) in [5.74, 6) is 0.692. The summed E-state index contributed by atoms with van der Waals surface area (Å²) in [5.41, 5.74) is 0. The van der Waals surface area contributed by atoms with Crippen molar-refractivity contribution in [2.75, 3.05) is 12.8 Å². The van der Waals surface area contributed by atoms with Gasteiger partial charge in [0.25, 0.3) is 0 Å². The van der Waals surface area contributed by atoms with Crippen molar-refractivity contribution in [2.45, 2.75) is 12.8 Å². The van der Waals surface area contributed by atoms with Gasteiger partial charge in [-0.2, -0.15) is 0 Å². The van der Waals surface area contributed by atoms with E-state index in [1.807, 2.05) is 11.2 Å². The van der Waals surface area contributed by atoms with Gasteiger partial charge in [-0.1, -0.05) is 0 Å². The third-order valence-electron chi connectivity index (χ3n) is 1.45. The lowest BCUT2D eigenvalue weighted by Crippen LogP contribution is -2.21. The molecule has 0 atom stereocenters. The molecule has 0 bridgehead atoms. The van der Waals surface area contributed by atoms with Crippen LogP contribution in [0.1, 0.15) is 12.8 Å². The zero-order chi connectivity index (χ0) is 7.40. The van der Waals surface area contributed by atoms with Gasteiger partial charge >= 0.3 is 0 Å². The van der Waals surface area contributed by atoms with Crippen LogP contribution >= 0.6 is 11.9 Å². The topological polar surface area (TPSA) is 39.5 Å². The van der Waals surface area contributed by atoms with Crippen molar-refractivity contribution in [2.24, 2.45) is 4.40 Å². The summed E-state index contributed by atoms with van der Waals surface area (Å²) < 4.78 is 3.98. The second-order valence-electron chi connectivity index (χ2n) is 2.15. The van der Waals surface area contributed by atoms with Crippen molar-refractivity contribution < 1.29 is 0 Å². The van der Waals surface area contributed by atoms with Crippen LogP contribution in [0.2, 0.25) is 0 Å². The Morgan fingerprint density at radius 1 is 1.80 bits per heavy atom. The molecule has 0 aromatic rings. The average molecular weight is 157 g/mol. The van der Waals surface area contributed by atoms with E-state index in [-0.39, 0.29) is 0 Å². The highest BCUT2D eigenvalue weighted by Gasteiger charge is 2.13. The van der Waals surface area contributed by atoms with Gasteiger partial charge in [-0.15, -0.1) is 0 Å². The summed E-state index contributed by atoms with van der Waals surface area (Å²) in [5, 5.41) is 7.41. The molecule has 0 amide bonds. The Labute approximate surface area is 65.2 Å². The van der Waals surface area contributed by atoms with E-state index in [1.165, 1.54) is 11.9 Å². The van der Waals surface area contributed by atoms with Crippen LogP contribution in [-0.2, 0) is 0 Å². The molecule has 4 heteroatoms. The van der Waals surface area contributed by atoms with Gasteiger partial charge < -0.3 is 4.90 Å². The maximum atomic E-state index is 7.41. The number of nitrogens with zero attached hydrogens (tertiary/aromatic N) is 2. The smallest absolute Gasteiger partial charge is 0.104 e. The molecule has 1 rings (SSSR count). The second-order valence-corrected chi connectivity index (χ2v) is 2.72. The van der Waals surface area contributed by atoms with Crippen LogP contribution < -0.4 is 0 Å². The lowest BCUT2D eigenvalue weighted by Gasteiger charge is -2.08. The molecule has 1 fully saturated rings. The monoisotopic (exact) mass is 157 g/mol. The van der Waals surface area contributed by atoms with Gasteiger partial charge in [0.2, 0.25) is 0 Å². The summed E-state index contributed by atoms with van der Waals surface area (Å²) in [7, 11) is 0. The Morgan fingerprint density at radius 3 is 3.10 bits per heavy atom. The van der Waals surface area contributed by atoms with Crippen LogP contribution in [0.3, 0.4) is 0 Å². The zero-order valence-corrected chi connectivity index (χ0v) is 6.82. The molecule has 0 saturated carbocycles. The first-order chi connectivity index (χ1) is 4.84. The quantitative estimate of drug-likeness (QED) is 0.373. The maximum Gasteiger partial charge on any atom is 0.104 e. The molecule has 0 aliphatic carbocycles. The summed E-state index contributed by atoms with van der Waals surface area (Å²) in [6.45, 7) is 0.961. The predicted octanol–water partition coefficient (Wildman–Crippen LogP) is 1.37. The Morgan fingerprint density at radius 2 is 2.60 bits per heavy atom. The molecule has 0 aromatic carbocycles. The van der Waals surface area contributed by atoms with Gasteiger partial charge in [0.05, 0.1) is 0 Å². The van der Waals surface area contributed by atoms with E-state index in [9.17, 15) is 0 Å². The minimum Gasteiger partial charge on any atom is -0.321 e. The van der Waals surface area contributed by atoms with Crippen molar-refractivity contribution in [3.63, 3.8) is 0 Å². The standard InChI is InChI=1S/C6H11N3S/c1-10-8-5-9-4-2-3-6(9)7/h5,7H,2-4H2,1H3. The maximum absolute atomic E-state index is 7.41. The first kappa shape index (κ1) is 7.60. The van der Waals surface area contributed by atoms with Gasteiger partial charge in [0.1, 0.15) is 12.2 Å². The number of likely N-dealkylation sites (tertiary alicyclic amines) is 1. The SMILES string of the molecule is CSN=CN1CCCC1=N. The van der Waals surface area contributed by atoms with Gasteiger partial charge in [-0.25, -0.2) is 4.40 Å². The molecule has 1 aliphatic rings. The molecule has 0 radical (unpaired) electrons. The van der Waals surface area contributed by atoms with E-state index in [2.05, 4.69) is 4.40 Å². The summed E-state index contributed by atoms with van der Waals surface area (Å²) >= 11 is 1.42. The Kier molecular flexibility index (Phi) is 2.74. The molecule has 0 aromatic heterocycles. The van der Waals surface area contributed by atoms with Crippen LogP contribution in [0, 0.1) is 5.41 Å². The third-order valence-corrected chi connectivity index (χ3v) is 1.76. The van der Waals surface area contributed by atoms with Crippen LogP contribution in [-0.4, -0.2) is 29.9 Å². The summed E-state index contributed by atoms with van der Waals surface area (Å²) in [6.07, 6.45) is 5.65. The Hall–Kier alpha value is -0.510. The van der Waals surface area contributed by atoms with Crippen molar-refractivity contribution >= 4 is 24.1 Å². The lowest BCUT2D eigenvalue weighted by molar-refractivity contribution is 0.671. The highest BCUT2D eigenvalue weighted by molar-refractivity contribution is 7.97. The number of hydrogen-bond acceptors (Lipinski definition) is 3. The molecule has 1 aliphatic heterocycles. The molecule has 1 heterocycles.